The second-order valence-corrected chi connectivity index (χ2v) is 5.02. The third kappa shape index (κ3) is 5.73. The van der Waals surface area contributed by atoms with Crippen molar-refractivity contribution in [1.82, 2.24) is 0 Å². The van der Waals surface area contributed by atoms with E-state index in [9.17, 15) is 0 Å². The SMILES string of the molecule is CC(C)C(CCN)CCCNc1ccccc1. The van der Waals surface area contributed by atoms with Crippen molar-refractivity contribution < 1.29 is 0 Å². The molecule has 0 heterocycles. The molecule has 0 bridgehead atoms. The summed E-state index contributed by atoms with van der Waals surface area (Å²) in [6.45, 7) is 6.46. The number of nitrogens with two attached hydrogens (primary N) is 1. The molecule has 1 atom stereocenters. The minimum absolute atomic E-state index is 0.746. The smallest absolute Gasteiger partial charge is 0.0340 e. The van der Waals surface area contributed by atoms with E-state index in [0.717, 1.165) is 31.3 Å². The Labute approximate surface area is 106 Å². The maximum Gasteiger partial charge on any atom is 0.0340 e. The van der Waals surface area contributed by atoms with E-state index >= 15 is 0 Å². The molecule has 17 heavy (non-hydrogen) atoms. The van der Waals surface area contributed by atoms with Gasteiger partial charge in [0.1, 0.15) is 0 Å². The zero-order valence-electron chi connectivity index (χ0n) is 11.2. The zero-order valence-corrected chi connectivity index (χ0v) is 11.2. The molecular formula is C15H26N2. The van der Waals surface area contributed by atoms with Gasteiger partial charge in [0, 0.05) is 12.2 Å². The molecule has 0 saturated carbocycles. The van der Waals surface area contributed by atoms with Crippen molar-refractivity contribution in [2.75, 3.05) is 18.4 Å². The van der Waals surface area contributed by atoms with Crippen molar-refractivity contribution in [3.8, 4) is 0 Å². The number of para-hydroxylation sites is 1. The second-order valence-electron chi connectivity index (χ2n) is 5.02. The zero-order chi connectivity index (χ0) is 12.5. The van der Waals surface area contributed by atoms with Gasteiger partial charge in [-0.2, -0.15) is 0 Å². The molecule has 0 radical (unpaired) electrons. The Balaban J connectivity index is 2.18. The third-order valence-corrected chi connectivity index (χ3v) is 3.33. The van der Waals surface area contributed by atoms with Crippen LogP contribution in [0.3, 0.4) is 0 Å². The highest BCUT2D eigenvalue weighted by molar-refractivity contribution is 5.42. The summed E-state index contributed by atoms with van der Waals surface area (Å²) in [6.07, 6.45) is 3.65. The number of anilines is 1. The molecule has 2 heteroatoms. The minimum atomic E-state index is 0.746. The second kappa shape index (κ2) is 8.13. The van der Waals surface area contributed by atoms with Gasteiger partial charge >= 0.3 is 0 Å². The fraction of sp³-hybridized carbons (Fsp3) is 0.600. The van der Waals surface area contributed by atoms with Crippen molar-refractivity contribution in [3.63, 3.8) is 0 Å². The van der Waals surface area contributed by atoms with Gasteiger partial charge in [-0.1, -0.05) is 32.0 Å². The topological polar surface area (TPSA) is 38.0 Å². The Hall–Kier alpha value is -1.02. The monoisotopic (exact) mass is 234 g/mol. The highest BCUT2D eigenvalue weighted by atomic mass is 14.9. The van der Waals surface area contributed by atoms with Crippen LogP contribution < -0.4 is 11.1 Å². The molecule has 0 fully saturated rings. The molecule has 0 spiro atoms. The lowest BCUT2D eigenvalue weighted by atomic mass is 9.88. The van der Waals surface area contributed by atoms with Crippen LogP contribution in [0.1, 0.15) is 33.1 Å². The molecule has 0 aliphatic heterocycles. The van der Waals surface area contributed by atoms with Crippen molar-refractivity contribution in [1.29, 1.82) is 0 Å². The molecule has 0 amide bonds. The lowest BCUT2D eigenvalue weighted by Crippen LogP contribution is -2.15. The Kier molecular flexibility index (Phi) is 6.71. The quantitative estimate of drug-likeness (QED) is 0.676. The molecule has 1 unspecified atom stereocenters. The van der Waals surface area contributed by atoms with Gasteiger partial charge in [-0.25, -0.2) is 0 Å². The van der Waals surface area contributed by atoms with Crippen LogP contribution >= 0.6 is 0 Å². The van der Waals surface area contributed by atoms with Gasteiger partial charge in [0.05, 0.1) is 0 Å². The maximum atomic E-state index is 5.65. The number of hydrogen-bond donors (Lipinski definition) is 2. The predicted octanol–water partition coefficient (Wildman–Crippen LogP) is 3.50. The molecule has 96 valence electrons. The molecule has 2 nitrogen and oxygen atoms in total. The van der Waals surface area contributed by atoms with Gasteiger partial charge in [-0.3, -0.25) is 0 Å². The number of nitrogens with one attached hydrogen (secondary N) is 1. The third-order valence-electron chi connectivity index (χ3n) is 3.33. The van der Waals surface area contributed by atoms with Gasteiger partial charge in [0.25, 0.3) is 0 Å². The summed E-state index contributed by atoms with van der Waals surface area (Å²) in [4.78, 5) is 0. The Morgan fingerprint density at radius 1 is 1.12 bits per heavy atom. The molecule has 1 aromatic carbocycles. The summed E-state index contributed by atoms with van der Waals surface area (Å²) in [6, 6.07) is 10.4. The summed E-state index contributed by atoms with van der Waals surface area (Å²) in [5.41, 5.74) is 6.86. The number of hydrogen-bond acceptors (Lipinski definition) is 2. The maximum absolute atomic E-state index is 5.65. The Bertz CT molecular complexity index is 282. The fourth-order valence-corrected chi connectivity index (χ4v) is 2.18. The molecule has 1 rings (SSSR count). The first-order chi connectivity index (χ1) is 8.24. The van der Waals surface area contributed by atoms with Crippen molar-refractivity contribution in [3.05, 3.63) is 30.3 Å². The number of benzene rings is 1. The highest BCUT2D eigenvalue weighted by Gasteiger charge is 2.11. The molecule has 3 N–H and O–H groups in total. The average molecular weight is 234 g/mol. The standard InChI is InChI=1S/C15H26N2/c1-13(2)14(10-11-16)7-6-12-17-15-8-4-3-5-9-15/h3-5,8-9,13-14,17H,6-7,10-12,16H2,1-2H3. The van der Waals surface area contributed by atoms with E-state index < -0.39 is 0 Å². The summed E-state index contributed by atoms with van der Waals surface area (Å²) in [5.74, 6) is 1.52. The average Bonchev–Trinajstić information content (AvgIpc) is 2.34. The molecule has 0 aliphatic carbocycles. The van der Waals surface area contributed by atoms with E-state index in [1.54, 1.807) is 0 Å². The van der Waals surface area contributed by atoms with Crippen molar-refractivity contribution >= 4 is 5.69 Å². The first kappa shape index (κ1) is 14.0. The number of rotatable bonds is 8. The molecular weight excluding hydrogens is 208 g/mol. The van der Waals surface area contributed by atoms with Crippen LogP contribution in [-0.4, -0.2) is 13.1 Å². The lowest BCUT2D eigenvalue weighted by molar-refractivity contribution is 0.336. The van der Waals surface area contributed by atoms with Gasteiger partial charge in [0.15, 0.2) is 0 Å². The lowest BCUT2D eigenvalue weighted by Gasteiger charge is -2.20. The van der Waals surface area contributed by atoms with Gasteiger partial charge < -0.3 is 11.1 Å². The van der Waals surface area contributed by atoms with E-state index in [4.69, 9.17) is 5.73 Å². The van der Waals surface area contributed by atoms with E-state index in [1.807, 2.05) is 6.07 Å². The minimum Gasteiger partial charge on any atom is -0.385 e. The van der Waals surface area contributed by atoms with E-state index in [2.05, 4.69) is 43.4 Å². The molecule has 1 aromatic rings. The fourth-order valence-electron chi connectivity index (χ4n) is 2.18. The van der Waals surface area contributed by atoms with Gasteiger partial charge in [-0.15, -0.1) is 0 Å². The highest BCUT2D eigenvalue weighted by Crippen LogP contribution is 2.20. The van der Waals surface area contributed by atoms with Crippen molar-refractivity contribution in [2.24, 2.45) is 17.6 Å². The largest absolute Gasteiger partial charge is 0.385 e. The van der Waals surface area contributed by atoms with Crippen LogP contribution in [0.4, 0.5) is 5.69 Å². The Morgan fingerprint density at radius 2 is 1.82 bits per heavy atom. The predicted molar refractivity (Wildman–Crippen MR) is 76.2 cm³/mol. The van der Waals surface area contributed by atoms with Crippen LogP contribution in [-0.2, 0) is 0 Å². The van der Waals surface area contributed by atoms with E-state index in [1.165, 1.54) is 18.5 Å². The van der Waals surface area contributed by atoms with Crippen LogP contribution in [0, 0.1) is 11.8 Å². The summed E-state index contributed by atoms with van der Waals surface area (Å²) in [7, 11) is 0. The summed E-state index contributed by atoms with van der Waals surface area (Å²) in [5, 5.41) is 3.45. The normalized spacial score (nSPS) is 12.7. The van der Waals surface area contributed by atoms with Crippen LogP contribution in [0.5, 0.6) is 0 Å². The Morgan fingerprint density at radius 3 is 2.41 bits per heavy atom. The summed E-state index contributed by atoms with van der Waals surface area (Å²) < 4.78 is 0. The van der Waals surface area contributed by atoms with E-state index in [0.29, 0.717) is 0 Å². The van der Waals surface area contributed by atoms with Gasteiger partial charge in [-0.05, 0) is 49.8 Å². The summed E-state index contributed by atoms with van der Waals surface area (Å²) >= 11 is 0. The van der Waals surface area contributed by atoms with Crippen LogP contribution in [0.15, 0.2) is 30.3 Å². The van der Waals surface area contributed by atoms with Gasteiger partial charge in [0.2, 0.25) is 0 Å². The first-order valence-electron chi connectivity index (χ1n) is 6.73. The first-order valence-corrected chi connectivity index (χ1v) is 6.73. The molecule has 0 aliphatic rings. The van der Waals surface area contributed by atoms with Crippen molar-refractivity contribution in [2.45, 2.75) is 33.1 Å². The molecule has 0 saturated heterocycles. The van der Waals surface area contributed by atoms with Crippen LogP contribution in [0.2, 0.25) is 0 Å². The van der Waals surface area contributed by atoms with Crippen LogP contribution in [0.25, 0.3) is 0 Å². The molecule has 0 aromatic heterocycles. The van der Waals surface area contributed by atoms with E-state index in [-0.39, 0.29) is 0 Å².